The van der Waals surface area contributed by atoms with E-state index in [4.69, 9.17) is 0 Å². The van der Waals surface area contributed by atoms with Gasteiger partial charge >= 0.3 is 0 Å². The molecule has 0 aliphatic carbocycles. The fraction of sp³-hybridized carbons (Fsp3) is 0.538. The summed E-state index contributed by atoms with van der Waals surface area (Å²) in [6, 6.07) is 13.2. The summed E-state index contributed by atoms with van der Waals surface area (Å²) in [4.78, 5) is 5.36. The van der Waals surface area contributed by atoms with Gasteiger partial charge in [0.1, 0.15) is 5.75 Å². The Morgan fingerprint density at radius 1 is 1.00 bits per heavy atom. The number of phenols is 1. The van der Waals surface area contributed by atoms with Crippen molar-refractivity contribution in [2.24, 2.45) is 5.92 Å². The summed E-state index contributed by atoms with van der Waals surface area (Å²) in [5.41, 5.74) is 7.07. The van der Waals surface area contributed by atoms with Gasteiger partial charge < -0.3 is 5.11 Å². The van der Waals surface area contributed by atoms with E-state index in [9.17, 15) is 5.11 Å². The lowest BCUT2D eigenvalue weighted by Crippen LogP contribution is -2.60. The molecule has 1 N–H and O–H groups in total. The van der Waals surface area contributed by atoms with Crippen LogP contribution in [0.4, 0.5) is 0 Å². The fourth-order valence-electron chi connectivity index (χ4n) is 5.47. The summed E-state index contributed by atoms with van der Waals surface area (Å²) >= 11 is 0. The van der Waals surface area contributed by atoms with Crippen LogP contribution in [0.15, 0.2) is 36.4 Å². The monoisotopic (exact) mass is 392 g/mol. The minimum absolute atomic E-state index is 0.110. The summed E-state index contributed by atoms with van der Waals surface area (Å²) in [5, 5.41) is 10.0. The standard InChI is InChI=1S/C26H36N2O/c1-18-11-20(3)22(12-19(18)2)16-27-9-10-28-15-21(4)26(5,14-24(28)17-27)23-7-6-8-25(29)13-23/h6-8,11-13,21,24,29H,9-10,14-17H2,1-5H3. The van der Waals surface area contributed by atoms with Crippen LogP contribution >= 0.6 is 0 Å². The second kappa shape index (κ2) is 7.77. The molecule has 156 valence electrons. The number of nitrogens with zero attached hydrogens (tertiary/aromatic N) is 2. The SMILES string of the molecule is Cc1cc(C)c(CN2CCN3CC(C)C(C)(c4cccc(O)c4)CC3C2)cc1C. The average Bonchev–Trinajstić information content (AvgIpc) is 2.67. The largest absolute Gasteiger partial charge is 0.508 e. The molecule has 2 heterocycles. The Balaban J connectivity index is 1.51. The number of hydrogen-bond donors (Lipinski definition) is 1. The van der Waals surface area contributed by atoms with Crippen LogP contribution < -0.4 is 0 Å². The average molecular weight is 393 g/mol. The van der Waals surface area contributed by atoms with Gasteiger partial charge in [0.2, 0.25) is 0 Å². The van der Waals surface area contributed by atoms with Gasteiger partial charge in [-0.2, -0.15) is 0 Å². The van der Waals surface area contributed by atoms with Gasteiger partial charge in [-0.15, -0.1) is 0 Å². The second-order valence-electron chi connectivity index (χ2n) is 9.82. The quantitative estimate of drug-likeness (QED) is 0.813. The third kappa shape index (κ3) is 3.95. The van der Waals surface area contributed by atoms with Crippen molar-refractivity contribution in [2.75, 3.05) is 26.2 Å². The molecule has 3 heteroatoms. The first-order chi connectivity index (χ1) is 13.8. The smallest absolute Gasteiger partial charge is 0.115 e. The predicted molar refractivity (Wildman–Crippen MR) is 121 cm³/mol. The highest BCUT2D eigenvalue weighted by Gasteiger charge is 2.44. The van der Waals surface area contributed by atoms with Crippen molar-refractivity contribution in [3.63, 3.8) is 0 Å². The lowest BCUT2D eigenvalue weighted by molar-refractivity contribution is -0.00562. The van der Waals surface area contributed by atoms with Crippen LogP contribution in [0.2, 0.25) is 0 Å². The molecule has 2 fully saturated rings. The summed E-state index contributed by atoms with van der Waals surface area (Å²) < 4.78 is 0. The van der Waals surface area contributed by atoms with Gasteiger partial charge in [-0.3, -0.25) is 9.80 Å². The van der Waals surface area contributed by atoms with E-state index in [0.29, 0.717) is 17.7 Å². The van der Waals surface area contributed by atoms with Crippen LogP contribution in [0, 0.1) is 26.7 Å². The Hall–Kier alpha value is -1.84. The van der Waals surface area contributed by atoms with Gasteiger partial charge in [0.05, 0.1) is 0 Å². The second-order valence-corrected chi connectivity index (χ2v) is 9.82. The molecule has 29 heavy (non-hydrogen) atoms. The van der Waals surface area contributed by atoms with Gasteiger partial charge in [0, 0.05) is 38.8 Å². The maximum absolute atomic E-state index is 10.0. The van der Waals surface area contributed by atoms with E-state index in [2.05, 4.69) is 62.6 Å². The van der Waals surface area contributed by atoms with Crippen LogP contribution in [0.5, 0.6) is 5.75 Å². The van der Waals surface area contributed by atoms with Crippen molar-refractivity contribution < 1.29 is 5.11 Å². The number of aromatic hydroxyl groups is 1. The molecule has 3 unspecified atom stereocenters. The number of phenolic OH excluding ortho intramolecular Hbond substituents is 1. The Bertz CT molecular complexity index is 892. The number of fused-ring (bicyclic) bond motifs is 1. The number of aryl methyl sites for hydroxylation is 3. The van der Waals surface area contributed by atoms with Crippen molar-refractivity contribution in [1.29, 1.82) is 0 Å². The molecule has 0 aromatic heterocycles. The number of piperidine rings is 1. The Morgan fingerprint density at radius 3 is 2.52 bits per heavy atom. The van der Waals surface area contributed by atoms with Crippen LogP contribution in [0.25, 0.3) is 0 Å². The molecule has 3 atom stereocenters. The summed E-state index contributed by atoms with van der Waals surface area (Å²) in [6.07, 6.45) is 1.15. The molecule has 0 spiro atoms. The van der Waals surface area contributed by atoms with Crippen LogP contribution in [-0.2, 0) is 12.0 Å². The van der Waals surface area contributed by atoms with E-state index >= 15 is 0 Å². The van der Waals surface area contributed by atoms with Gasteiger partial charge in [-0.1, -0.05) is 38.1 Å². The zero-order chi connectivity index (χ0) is 20.8. The van der Waals surface area contributed by atoms with E-state index in [1.807, 2.05) is 12.1 Å². The topological polar surface area (TPSA) is 26.7 Å². The number of hydrogen-bond acceptors (Lipinski definition) is 3. The molecule has 2 aliphatic heterocycles. The lowest BCUT2D eigenvalue weighted by atomic mass is 9.65. The van der Waals surface area contributed by atoms with Gasteiger partial charge in [0.25, 0.3) is 0 Å². The van der Waals surface area contributed by atoms with Gasteiger partial charge in [-0.25, -0.2) is 0 Å². The molecule has 2 aliphatic rings. The van der Waals surface area contributed by atoms with E-state index in [1.165, 1.54) is 27.8 Å². The fourth-order valence-corrected chi connectivity index (χ4v) is 5.47. The minimum Gasteiger partial charge on any atom is -0.508 e. The lowest BCUT2D eigenvalue weighted by Gasteiger charge is -2.53. The van der Waals surface area contributed by atoms with Crippen molar-refractivity contribution in [3.8, 4) is 5.75 Å². The third-order valence-corrected chi connectivity index (χ3v) is 7.80. The maximum atomic E-state index is 10.0. The Kier molecular flexibility index (Phi) is 5.48. The van der Waals surface area contributed by atoms with Crippen LogP contribution in [-0.4, -0.2) is 47.1 Å². The van der Waals surface area contributed by atoms with E-state index in [0.717, 1.165) is 39.1 Å². The molecule has 3 nitrogen and oxygen atoms in total. The zero-order valence-electron chi connectivity index (χ0n) is 18.7. The van der Waals surface area contributed by atoms with Crippen molar-refractivity contribution in [1.82, 2.24) is 9.80 Å². The van der Waals surface area contributed by atoms with E-state index in [-0.39, 0.29) is 5.41 Å². The Morgan fingerprint density at radius 2 is 1.76 bits per heavy atom. The first-order valence-electron chi connectivity index (χ1n) is 11.1. The molecule has 2 aromatic rings. The summed E-state index contributed by atoms with van der Waals surface area (Å²) in [5.74, 6) is 0.961. The molecule has 0 bridgehead atoms. The van der Waals surface area contributed by atoms with E-state index < -0.39 is 0 Å². The molecule has 0 saturated carbocycles. The first-order valence-corrected chi connectivity index (χ1v) is 11.1. The van der Waals surface area contributed by atoms with E-state index in [1.54, 1.807) is 6.07 Å². The molecule has 0 amide bonds. The summed E-state index contributed by atoms with van der Waals surface area (Å²) in [6.45, 7) is 17.1. The molecule has 2 aromatic carbocycles. The number of benzene rings is 2. The van der Waals surface area contributed by atoms with Crippen LogP contribution in [0.1, 0.15) is 48.1 Å². The first kappa shape index (κ1) is 20.4. The summed E-state index contributed by atoms with van der Waals surface area (Å²) in [7, 11) is 0. The maximum Gasteiger partial charge on any atom is 0.115 e. The number of piperazine rings is 1. The third-order valence-electron chi connectivity index (χ3n) is 7.80. The van der Waals surface area contributed by atoms with Gasteiger partial charge in [0.15, 0.2) is 0 Å². The highest BCUT2D eigenvalue weighted by atomic mass is 16.3. The van der Waals surface area contributed by atoms with Crippen LogP contribution in [0.3, 0.4) is 0 Å². The Labute approximate surface area is 176 Å². The van der Waals surface area contributed by atoms with Crippen molar-refractivity contribution in [2.45, 2.75) is 59.0 Å². The normalized spacial score (nSPS) is 28.3. The molecular formula is C26H36N2O. The highest BCUT2D eigenvalue weighted by Crippen LogP contribution is 2.43. The molecule has 0 radical (unpaired) electrons. The predicted octanol–water partition coefficient (Wildman–Crippen LogP) is 4.80. The minimum atomic E-state index is 0.110. The highest BCUT2D eigenvalue weighted by molar-refractivity contribution is 5.37. The zero-order valence-corrected chi connectivity index (χ0v) is 18.7. The number of rotatable bonds is 3. The molecule has 4 rings (SSSR count). The molecular weight excluding hydrogens is 356 g/mol. The van der Waals surface area contributed by atoms with Gasteiger partial charge in [-0.05, 0) is 78.5 Å². The van der Waals surface area contributed by atoms with Crippen molar-refractivity contribution >= 4 is 0 Å². The molecule has 2 saturated heterocycles. The van der Waals surface area contributed by atoms with Crippen molar-refractivity contribution in [3.05, 3.63) is 64.2 Å².